The van der Waals surface area contributed by atoms with E-state index in [2.05, 4.69) is 34.8 Å². The molecule has 1 aliphatic rings. The Morgan fingerprint density at radius 3 is 2.80 bits per heavy atom. The van der Waals surface area contributed by atoms with Crippen LogP contribution in [0.2, 0.25) is 0 Å². The minimum atomic E-state index is -0.540. The van der Waals surface area contributed by atoms with Crippen molar-refractivity contribution >= 4 is 0 Å². The first-order valence-electron chi connectivity index (χ1n) is 9.01. The van der Waals surface area contributed by atoms with E-state index in [4.69, 9.17) is 9.47 Å². The van der Waals surface area contributed by atoms with Gasteiger partial charge in [-0.2, -0.15) is 0 Å². The van der Waals surface area contributed by atoms with Crippen molar-refractivity contribution in [2.75, 3.05) is 26.3 Å². The lowest BCUT2D eigenvalue weighted by atomic mass is 10.2. The first-order valence-corrected chi connectivity index (χ1v) is 9.01. The van der Waals surface area contributed by atoms with Crippen molar-refractivity contribution in [1.29, 1.82) is 0 Å². The fourth-order valence-corrected chi connectivity index (χ4v) is 3.23. The molecule has 2 aromatic rings. The zero-order valence-corrected chi connectivity index (χ0v) is 14.9. The van der Waals surface area contributed by atoms with Crippen molar-refractivity contribution in [3.8, 4) is 5.75 Å². The fraction of sp³-hybridized carbons (Fsp3) is 0.500. The predicted octanol–water partition coefficient (Wildman–Crippen LogP) is 2.45. The summed E-state index contributed by atoms with van der Waals surface area (Å²) in [6, 6.07) is 13.8. The quantitative estimate of drug-likeness (QED) is 0.759. The summed E-state index contributed by atoms with van der Waals surface area (Å²) in [5, 5.41) is 10.4. The van der Waals surface area contributed by atoms with Crippen LogP contribution in [0.1, 0.15) is 18.5 Å². The molecule has 1 aliphatic heterocycles. The third kappa shape index (κ3) is 5.59. The third-order valence-electron chi connectivity index (χ3n) is 4.58. The fourth-order valence-electron chi connectivity index (χ4n) is 3.23. The molecule has 2 unspecified atom stereocenters. The van der Waals surface area contributed by atoms with Crippen LogP contribution in [0.3, 0.4) is 0 Å². The molecule has 0 spiro atoms. The molecule has 25 heavy (non-hydrogen) atoms. The van der Waals surface area contributed by atoms with Crippen molar-refractivity contribution in [3.63, 3.8) is 0 Å². The van der Waals surface area contributed by atoms with Gasteiger partial charge >= 0.3 is 0 Å². The monoisotopic (exact) mass is 344 g/mol. The SMILES string of the molecule is Cn1cccc1CN(CC(O)COc1ccccc1)CC1CCCO1. The number of aliphatic hydroxyl groups is 1. The van der Waals surface area contributed by atoms with E-state index in [0.29, 0.717) is 13.2 Å². The number of rotatable bonds is 9. The molecule has 1 aromatic heterocycles. The maximum absolute atomic E-state index is 10.4. The molecule has 1 aromatic carbocycles. The molecule has 0 amide bonds. The number of hydrogen-bond acceptors (Lipinski definition) is 4. The van der Waals surface area contributed by atoms with Crippen molar-refractivity contribution in [1.82, 2.24) is 9.47 Å². The average Bonchev–Trinajstić information content (AvgIpc) is 3.26. The van der Waals surface area contributed by atoms with Gasteiger partial charge in [-0.15, -0.1) is 0 Å². The van der Waals surface area contributed by atoms with Gasteiger partial charge in [0.15, 0.2) is 0 Å². The largest absolute Gasteiger partial charge is 0.491 e. The van der Waals surface area contributed by atoms with E-state index in [0.717, 1.165) is 38.3 Å². The minimum Gasteiger partial charge on any atom is -0.491 e. The first-order chi connectivity index (χ1) is 12.2. The molecule has 5 nitrogen and oxygen atoms in total. The molecule has 3 rings (SSSR count). The molecular weight excluding hydrogens is 316 g/mol. The van der Waals surface area contributed by atoms with E-state index in [1.165, 1.54) is 5.69 Å². The Morgan fingerprint density at radius 2 is 2.12 bits per heavy atom. The van der Waals surface area contributed by atoms with Crippen LogP contribution >= 0.6 is 0 Å². The minimum absolute atomic E-state index is 0.266. The van der Waals surface area contributed by atoms with E-state index in [-0.39, 0.29) is 6.10 Å². The van der Waals surface area contributed by atoms with Gasteiger partial charge in [-0.05, 0) is 37.1 Å². The number of aromatic nitrogens is 1. The Hall–Kier alpha value is -1.82. The molecule has 1 fully saturated rings. The highest BCUT2D eigenvalue weighted by atomic mass is 16.5. The molecule has 1 N–H and O–H groups in total. The molecular formula is C20H28N2O3. The van der Waals surface area contributed by atoms with E-state index < -0.39 is 6.10 Å². The standard InChI is InChI=1S/C20H28N2O3/c1-21-11-5-7-17(21)13-22(15-20-10-6-12-24-20)14-18(23)16-25-19-8-3-2-4-9-19/h2-5,7-9,11,18,20,23H,6,10,12-16H2,1H3. The van der Waals surface area contributed by atoms with E-state index in [1.807, 2.05) is 30.3 Å². The lowest BCUT2D eigenvalue weighted by molar-refractivity contribution is 0.0306. The molecule has 0 aliphatic carbocycles. The van der Waals surface area contributed by atoms with Crippen molar-refractivity contribution in [2.45, 2.75) is 31.6 Å². The maximum atomic E-state index is 10.4. The number of aryl methyl sites for hydroxylation is 1. The Balaban J connectivity index is 1.54. The van der Waals surface area contributed by atoms with Gasteiger partial charge < -0.3 is 19.1 Å². The van der Waals surface area contributed by atoms with E-state index in [1.54, 1.807) is 0 Å². The Bertz CT molecular complexity index is 623. The zero-order valence-electron chi connectivity index (χ0n) is 14.9. The summed E-state index contributed by atoms with van der Waals surface area (Å²) >= 11 is 0. The molecule has 1 saturated heterocycles. The van der Waals surface area contributed by atoms with Gasteiger partial charge in [-0.3, -0.25) is 4.90 Å². The molecule has 136 valence electrons. The summed E-state index contributed by atoms with van der Waals surface area (Å²) in [7, 11) is 2.05. The number of para-hydroxylation sites is 1. The lowest BCUT2D eigenvalue weighted by Gasteiger charge is -2.27. The highest BCUT2D eigenvalue weighted by Gasteiger charge is 2.22. The van der Waals surface area contributed by atoms with Gasteiger partial charge in [-0.1, -0.05) is 18.2 Å². The summed E-state index contributed by atoms with van der Waals surface area (Å²) in [5.74, 6) is 0.787. The van der Waals surface area contributed by atoms with Crippen molar-refractivity contribution in [2.24, 2.45) is 7.05 Å². The summed E-state index contributed by atoms with van der Waals surface area (Å²) < 4.78 is 13.6. The Labute approximate surface area is 149 Å². The molecule has 0 radical (unpaired) electrons. The number of aliphatic hydroxyl groups excluding tert-OH is 1. The third-order valence-corrected chi connectivity index (χ3v) is 4.58. The number of hydrogen-bond donors (Lipinski definition) is 1. The highest BCUT2D eigenvalue weighted by molar-refractivity contribution is 5.20. The smallest absolute Gasteiger partial charge is 0.119 e. The molecule has 0 bridgehead atoms. The van der Waals surface area contributed by atoms with Gasteiger partial charge in [0, 0.05) is 45.2 Å². The van der Waals surface area contributed by atoms with Crippen LogP contribution in [-0.2, 0) is 18.3 Å². The van der Waals surface area contributed by atoms with Crippen LogP contribution in [-0.4, -0.2) is 53.1 Å². The highest BCUT2D eigenvalue weighted by Crippen LogP contribution is 2.16. The Morgan fingerprint density at radius 1 is 1.28 bits per heavy atom. The lowest BCUT2D eigenvalue weighted by Crippen LogP contribution is -2.39. The summed E-state index contributed by atoms with van der Waals surface area (Å²) in [5.41, 5.74) is 1.23. The number of benzene rings is 1. The average molecular weight is 344 g/mol. The van der Waals surface area contributed by atoms with E-state index >= 15 is 0 Å². The van der Waals surface area contributed by atoms with Crippen LogP contribution in [0.5, 0.6) is 5.75 Å². The van der Waals surface area contributed by atoms with Gasteiger partial charge in [-0.25, -0.2) is 0 Å². The molecule has 2 atom stereocenters. The van der Waals surface area contributed by atoms with Gasteiger partial charge in [0.2, 0.25) is 0 Å². The second-order valence-corrected chi connectivity index (χ2v) is 6.72. The van der Waals surface area contributed by atoms with Crippen LogP contribution in [0.4, 0.5) is 0 Å². The summed E-state index contributed by atoms with van der Waals surface area (Å²) in [4.78, 5) is 2.27. The predicted molar refractivity (Wildman–Crippen MR) is 97.6 cm³/mol. The maximum Gasteiger partial charge on any atom is 0.119 e. The second-order valence-electron chi connectivity index (χ2n) is 6.72. The second kappa shape index (κ2) is 9.04. The normalized spacial score (nSPS) is 18.6. The number of ether oxygens (including phenoxy) is 2. The molecule has 2 heterocycles. The van der Waals surface area contributed by atoms with Crippen molar-refractivity contribution in [3.05, 3.63) is 54.4 Å². The zero-order chi connectivity index (χ0) is 17.5. The van der Waals surface area contributed by atoms with Gasteiger partial charge in [0.25, 0.3) is 0 Å². The first kappa shape index (κ1) is 18.0. The summed E-state index contributed by atoms with van der Waals surface area (Å²) in [6.07, 6.45) is 4.00. The summed E-state index contributed by atoms with van der Waals surface area (Å²) in [6.45, 7) is 3.35. The number of nitrogens with zero attached hydrogens (tertiary/aromatic N) is 2. The topological polar surface area (TPSA) is 46.9 Å². The molecule has 5 heteroatoms. The van der Waals surface area contributed by atoms with Crippen LogP contribution in [0, 0.1) is 0 Å². The van der Waals surface area contributed by atoms with Crippen LogP contribution < -0.4 is 4.74 Å². The van der Waals surface area contributed by atoms with Crippen molar-refractivity contribution < 1.29 is 14.6 Å². The van der Waals surface area contributed by atoms with Gasteiger partial charge in [0.1, 0.15) is 18.5 Å². The Kier molecular flexibility index (Phi) is 6.50. The van der Waals surface area contributed by atoms with Crippen LogP contribution in [0.15, 0.2) is 48.7 Å². The van der Waals surface area contributed by atoms with Crippen LogP contribution in [0.25, 0.3) is 0 Å². The van der Waals surface area contributed by atoms with Gasteiger partial charge in [0.05, 0.1) is 6.10 Å². The van der Waals surface area contributed by atoms with E-state index in [9.17, 15) is 5.11 Å². The molecule has 0 saturated carbocycles.